The number of rotatable bonds is 1. The van der Waals surface area contributed by atoms with Crippen molar-refractivity contribution < 1.29 is 0 Å². The summed E-state index contributed by atoms with van der Waals surface area (Å²) in [5, 5.41) is 0.285. The van der Waals surface area contributed by atoms with E-state index >= 15 is 0 Å². The molecule has 0 spiro atoms. The number of hydrogen-bond donors (Lipinski definition) is 2. The lowest BCUT2D eigenvalue weighted by Crippen LogP contribution is -2.30. The second kappa shape index (κ2) is 4.59. The maximum atomic E-state index is 12.2. The molecule has 0 atom stereocenters. The quantitative estimate of drug-likeness (QED) is 0.703. The fraction of sp³-hybridized carbons (Fsp3) is 0.133. The number of aryl methyl sites for hydroxylation is 2. The molecule has 3 N–H and O–H groups in total. The van der Waals surface area contributed by atoms with E-state index in [-0.39, 0.29) is 5.39 Å². The van der Waals surface area contributed by atoms with Gasteiger partial charge in [-0.25, -0.2) is 14.3 Å². The Kier molecular flexibility index (Phi) is 2.86. The molecule has 0 aliphatic rings. The number of fused-ring (bicyclic) bond motifs is 1. The Morgan fingerprint density at radius 1 is 1.14 bits per heavy atom. The van der Waals surface area contributed by atoms with Crippen LogP contribution in [0.5, 0.6) is 0 Å². The first-order chi connectivity index (χ1) is 9.97. The smallest absolute Gasteiger partial charge is 0.334 e. The van der Waals surface area contributed by atoms with Gasteiger partial charge < -0.3 is 5.73 Å². The maximum absolute atomic E-state index is 12.2. The highest BCUT2D eigenvalue weighted by Gasteiger charge is 2.11. The van der Waals surface area contributed by atoms with Crippen molar-refractivity contribution in [2.75, 3.05) is 5.73 Å². The Bertz CT molecular complexity index is 970. The summed E-state index contributed by atoms with van der Waals surface area (Å²) in [6.45, 7) is 3.95. The van der Waals surface area contributed by atoms with E-state index in [9.17, 15) is 9.59 Å². The van der Waals surface area contributed by atoms with Crippen molar-refractivity contribution in [1.29, 1.82) is 0 Å². The van der Waals surface area contributed by atoms with E-state index < -0.39 is 11.2 Å². The van der Waals surface area contributed by atoms with Crippen molar-refractivity contribution in [3.63, 3.8) is 0 Å². The first-order valence-electron chi connectivity index (χ1n) is 6.45. The third kappa shape index (κ3) is 2.10. The number of benzene rings is 1. The first kappa shape index (κ1) is 13.1. The Morgan fingerprint density at radius 3 is 2.62 bits per heavy atom. The summed E-state index contributed by atoms with van der Waals surface area (Å²) < 4.78 is 1.38. The number of anilines is 1. The van der Waals surface area contributed by atoms with Crippen molar-refractivity contribution in [2.24, 2.45) is 0 Å². The van der Waals surface area contributed by atoms with E-state index in [2.05, 4.69) is 9.97 Å². The van der Waals surface area contributed by atoms with Gasteiger partial charge in [0.15, 0.2) is 5.65 Å². The highest BCUT2D eigenvalue weighted by Crippen LogP contribution is 2.16. The molecule has 6 nitrogen and oxygen atoms in total. The van der Waals surface area contributed by atoms with Crippen LogP contribution in [0.4, 0.5) is 5.69 Å². The van der Waals surface area contributed by atoms with Crippen molar-refractivity contribution in [2.45, 2.75) is 13.8 Å². The normalized spacial score (nSPS) is 11.0. The molecule has 6 heteroatoms. The fourth-order valence-electron chi connectivity index (χ4n) is 2.24. The van der Waals surface area contributed by atoms with Crippen LogP contribution in [0.15, 0.2) is 40.1 Å². The predicted molar refractivity (Wildman–Crippen MR) is 81.8 cm³/mol. The van der Waals surface area contributed by atoms with E-state index in [1.165, 1.54) is 16.8 Å². The second-order valence-electron chi connectivity index (χ2n) is 5.00. The van der Waals surface area contributed by atoms with Crippen LogP contribution in [0.25, 0.3) is 16.7 Å². The highest BCUT2D eigenvalue weighted by molar-refractivity contribution is 5.78. The Balaban J connectivity index is 2.44. The molecule has 3 rings (SSSR count). The van der Waals surface area contributed by atoms with Gasteiger partial charge in [0.1, 0.15) is 0 Å². The molecule has 0 radical (unpaired) electrons. The van der Waals surface area contributed by atoms with E-state index in [1.54, 1.807) is 0 Å². The van der Waals surface area contributed by atoms with Crippen LogP contribution in [-0.4, -0.2) is 14.5 Å². The van der Waals surface area contributed by atoms with E-state index in [0.717, 1.165) is 11.1 Å². The topological polar surface area (TPSA) is 93.8 Å². The molecule has 2 heterocycles. The largest absolute Gasteiger partial charge is 0.397 e. The molecule has 0 fully saturated rings. The standard InChI is InChI=1S/C15H14N4O2/c1-8-3-4-11(5-9(8)2)19-13-12(6-10(16)7-17-13)14(20)18-15(19)21/h3-7H,16H2,1-2H3,(H,18,20,21). The minimum absolute atomic E-state index is 0.285. The van der Waals surface area contributed by atoms with Gasteiger partial charge in [0.05, 0.1) is 23.0 Å². The van der Waals surface area contributed by atoms with Gasteiger partial charge in [0, 0.05) is 0 Å². The van der Waals surface area contributed by atoms with Gasteiger partial charge in [0.2, 0.25) is 0 Å². The summed E-state index contributed by atoms with van der Waals surface area (Å²) in [4.78, 5) is 30.5. The van der Waals surface area contributed by atoms with Gasteiger partial charge in [0.25, 0.3) is 5.56 Å². The summed E-state index contributed by atoms with van der Waals surface area (Å²) in [5.74, 6) is 0. The van der Waals surface area contributed by atoms with Crippen LogP contribution >= 0.6 is 0 Å². The molecule has 0 aliphatic heterocycles. The molecule has 106 valence electrons. The summed E-state index contributed by atoms with van der Waals surface area (Å²) in [7, 11) is 0. The van der Waals surface area contributed by atoms with Crippen molar-refractivity contribution in [3.8, 4) is 5.69 Å². The number of hydrogen-bond acceptors (Lipinski definition) is 4. The molecule has 0 unspecified atom stereocenters. The lowest BCUT2D eigenvalue weighted by molar-refractivity contribution is 0.923. The van der Waals surface area contributed by atoms with Gasteiger partial charge >= 0.3 is 5.69 Å². The van der Waals surface area contributed by atoms with Crippen LogP contribution in [0.1, 0.15) is 11.1 Å². The third-order valence-corrected chi connectivity index (χ3v) is 3.52. The minimum atomic E-state index is -0.520. The average Bonchev–Trinajstić information content (AvgIpc) is 2.43. The number of aromatic amines is 1. The van der Waals surface area contributed by atoms with Gasteiger partial charge in [-0.2, -0.15) is 0 Å². The van der Waals surface area contributed by atoms with Crippen molar-refractivity contribution in [1.82, 2.24) is 14.5 Å². The van der Waals surface area contributed by atoms with Gasteiger partial charge in [-0.1, -0.05) is 6.07 Å². The molecular formula is C15H14N4O2. The zero-order valence-corrected chi connectivity index (χ0v) is 11.7. The Morgan fingerprint density at radius 2 is 1.90 bits per heavy atom. The highest BCUT2D eigenvalue weighted by atomic mass is 16.2. The van der Waals surface area contributed by atoms with E-state index in [4.69, 9.17) is 5.73 Å². The molecule has 1 aromatic carbocycles. The Hall–Kier alpha value is -2.89. The van der Waals surface area contributed by atoms with Crippen LogP contribution in [-0.2, 0) is 0 Å². The van der Waals surface area contributed by atoms with Crippen LogP contribution in [0.3, 0.4) is 0 Å². The molecule has 2 aromatic heterocycles. The lowest BCUT2D eigenvalue weighted by atomic mass is 10.1. The molecule has 0 saturated heterocycles. The zero-order valence-electron chi connectivity index (χ0n) is 11.7. The number of nitrogen functional groups attached to an aromatic ring is 1. The van der Waals surface area contributed by atoms with Crippen LogP contribution in [0.2, 0.25) is 0 Å². The summed E-state index contributed by atoms with van der Waals surface area (Å²) in [6.07, 6.45) is 1.43. The molecule has 0 bridgehead atoms. The third-order valence-electron chi connectivity index (χ3n) is 3.52. The van der Waals surface area contributed by atoms with E-state index in [1.807, 2.05) is 32.0 Å². The monoisotopic (exact) mass is 282 g/mol. The van der Waals surface area contributed by atoms with Crippen LogP contribution in [0, 0.1) is 13.8 Å². The number of nitrogens with one attached hydrogen (secondary N) is 1. The first-order valence-corrected chi connectivity index (χ1v) is 6.45. The number of H-pyrrole nitrogens is 1. The number of aromatic nitrogens is 3. The molecule has 0 aliphatic carbocycles. The average molecular weight is 282 g/mol. The number of nitrogens with two attached hydrogens (primary N) is 1. The van der Waals surface area contributed by atoms with Gasteiger partial charge in [-0.3, -0.25) is 9.78 Å². The number of pyridine rings is 1. The summed E-state index contributed by atoms with van der Waals surface area (Å²) >= 11 is 0. The lowest BCUT2D eigenvalue weighted by Gasteiger charge is -2.10. The van der Waals surface area contributed by atoms with Crippen molar-refractivity contribution >= 4 is 16.7 Å². The number of nitrogens with zero attached hydrogens (tertiary/aromatic N) is 2. The molecule has 0 amide bonds. The maximum Gasteiger partial charge on any atom is 0.334 e. The Labute approximate surface area is 119 Å². The second-order valence-corrected chi connectivity index (χ2v) is 5.00. The molecule has 3 aromatic rings. The van der Waals surface area contributed by atoms with Gasteiger partial charge in [-0.15, -0.1) is 0 Å². The zero-order chi connectivity index (χ0) is 15.1. The van der Waals surface area contributed by atoms with Crippen molar-refractivity contribution in [3.05, 3.63) is 62.4 Å². The van der Waals surface area contributed by atoms with Gasteiger partial charge in [-0.05, 0) is 43.2 Å². The SMILES string of the molecule is Cc1ccc(-n2c(=O)[nH]c(=O)c3cc(N)cnc32)cc1C. The van der Waals surface area contributed by atoms with E-state index in [0.29, 0.717) is 17.0 Å². The minimum Gasteiger partial charge on any atom is -0.397 e. The predicted octanol–water partition coefficient (Wildman–Crippen LogP) is 1.27. The molecule has 21 heavy (non-hydrogen) atoms. The fourth-order valence-corrected chi connectivity index (χ4v) is 2.24. The van der Waals surface area contributed by atoms with Crippen LogP contribution < -0.4 is 17.0 Å². The molecule has 0 saturated carbocycles. The summed E-state index contributed by atoms with van der Waals surface area (Å²) in [6, 6.07) is 7.13. The molecular weight excluding hydrogens is 268 g/mol. The summed E-state index contributed by atoms with van der Waals surface area (Å²) in [5.41, 5.74) is 8.14.